The van der Waals surface area contributed by atoms with E-state index in [1.54, 1.807) is 0 Å². The number of aliphatic hydroxyl groups is 2. The molecule has 3 nitrogen and oxygen atoms in total. The van der Waals surface area contributed by atoms with Crippen LogP contribution in [-0.2, 0) is 6.61 Å². The predicted octanol–water partition coefficient (Wildman–Crippen LogP) is 2.42. The van der Waals surface area contributed by atoms with Gasteiger partial charge in [-0.2, -0.15) is 0 Å². The maximum Gasteiger partial charge on any atom is 0.124 e. The number of hydrogen-bond donors (Lipinski definition) is 2. The highest BCUT2D eigenvalue weighted by atomic mass is 16.5. The summed E-state index contributed by atoms with van der Waals surface area (Å²) in [6.07, 6.45) is 3.96. The van der Waals surface area contributed by atoms with Crippen LogP contribution in [0.25, 0.3) is 0 Å². The second-order valence-corrected chi connectivity index (χ2v) is 4.26. The number of aliphatic hydroxyl groups excluding tert-OH is 2. The molecule has 0 saturated carbocycles. The van der Waals surface area contributed by atoms with Gasteiger partial charge in [0.15, 0.2) is 0 Å². The number of benzene rings is 1. The van der Waals surface area contributed by atoms with E-state index in [1.807, 2.05) is 25.1 Å². The van der Waals surface area contributed by atoms with Gasteiger partial charge in [0.25, 0.3) is 0 Å². The van der Waals surface area contributed by atoms with Crippen molar-refractivity contribution in [1.29, 1.82) is 0 Å². The predicted molar refractivity (Wildman–Crippen MR) is 68.2 cm³/mol. The highest BCUT2D eigenvalue weighted by Gasteiger charge is 2.02. The number of unbranched alkanes of at least 4 members (excludes halogenated alkanes) is 3. The van der Waals surface area contributed by atoms with Crippen molar-refractivity contribution in [2.45, 2.75) is 39.2 Å². The van der Waals surface area contributed by atoms with Crippen molar-refractivity contribution in [2.24, 2.45) is 0 Å². The first-order chi connectivity index (χ1) is 8.27. The first-order valence-electron chi connectivity index (χ1n) is 6.22. The minimum Gasteiger partial charge on any atom is -0.493 e. The van der Waals surface area contributed by atoms with Crippen LogP contribution in [0, 0.1) is 6.92 Å². The van der Waals surface area contributed by atoms with Crippen LogP contribution in [0.3, 0.4) is 0 Å². The monoisotopic (exact) mass is 238 g/mol. The fourth-order valence-corrected chi connectivity index (χ4v) is 1.72. The first kappa shape index (κ1) is 14.0. The van der Waals surface area contributed by atoms with Gasteiger partial charge in [-0.05, 0) is 32.3 Å². The molecule has 0 aliphatic heterocycles. The third-order valence-electron chi connectivity index (χ3n) is 2.70. The van der Waals surface area contributed by atoms with Gasteiger partial charge in [0.2, 0.25) is 0 Å². The first-order valence-corrected chi connectivity index (χ1v) is 6.22. The summed E-state index contributed by atoms with van der Waals surface area (Å²) >= 11 is 0. The molecule has 1 aromatic rings. The Hall–Kier alpha value is -1.06. The molecular weight excluding hydrogens is 216 g/mol. The number of hydrogen-bond acceptors (Lipinski definition) is 3. The van der Waals surface area contributed by atoms with E-state index in [0.717, 1.165) is 42.6 Å². The van der Waals surface area contributed by atoms with Gasteiger partial charge in [0, 0.05) is 12.2 Å². The van der Waals surface area contributed by atoms with Gasteiger partial charge in [0.05, 0.1) is 13.2 Å². The molecule has 0 aromatic heterocycles. The Labute approximate surface area is 103 Å². The quantitative estimate of drug-likeness (QED) is 0.684. The van der Waals surface area contributed by atoms with Crippen LogP contribution in [0.15, 0.2) is 18.2 Å². The molecule has 0 unspecified atom stereocenters. The molecule has 17 heavy (non-hydrogen) atoms. The summed E-state index contributed by atoms with van der Waals surface area (Å²) in [6.45, 7) is 2.95. The van der Waals surface area contributed by atoms with E-state index in [1.165, 1.54) is 0 Å². The molecule has 3 heteroatoms. The third kappa shape index (κ3) is 5.20. The van der Waals surface area contributed by atoms with Crippen LogP contribution in [0.1, 0.15) is 36.8 Å². The Morgan fingerprint density at radius 3 is 2.53 bits per heavy atom. The van der Waals surface area contributed by atoms with Gasteiger partial charge in [0.1, 0.15) is 5.75 Å². The molecule has 0 radical (unpaired) electrons. The second kappa shape index (κ2) is 8.09. The summed E-state index contributed by atoms with van der Waals surface area (Å²) in [5.74, 6) is 0.778. The maximum absolute atomic E-state index is 9.21. The smallest absolute Gasteiger partial charge is 0.124 e. The van der Waals surface area contributed by atoms with E-state index in [0.29, 0.717) is 6.61 Å². The van der Waals surface area contributed by atoms with Crippen molar-refractivity contribution in [3.63, 3.8) is 0 Å². The zero-order valence-corrected chi connectivity index (χ0v) is 10.5. The number of rotatable bonds is 8. The third-order valence-corrected chi connectivity index (χ3v) is 2.70. The van der Waals surface area contributed by atoms with Crippen LogP contribution < -0.4 is 4.74 Å². The summed E-state index contributed by atoms with van der Waals surface area (Å²) in [7, 11) is 0. The lowest BCUT2D eigenvalue weighted by atomic mass is 10.1. The van der Waals surface area contributed by atoms with Crippen LogP contribution >= 0.6 is 0 Å². The molecule has 0 spiro atoms. The molecular formula is C14H22O3. The average molecular weight is 238 g/mol. The Morgan fingerprint density at radius 1 is 1.06 bits per heavy atom. The lowest BCUT2D eigenvalue weighted by Gasteiger charge is -2.10. The Kier molecular flexibility index (Phi) is 6.67. The van der Waals surface area contributed by atoms with Crippen LogP contribution in [0.4, 0.5) is 0 Å². The molecule has 0 aliphatic rings. The van der Waals surface area contributed by atoms with E-state index in [9.17, 15) is 5.11 Å². The molecule has 0 saturated heterocycles. The van der Waals surface area contributed by atoms with Gasteiger partial charge < -0.3 is 14.9 Å². The highest BCUT2D eigenvalue weighted by Crippen LogP contribution is 2.20. The summed E-state index contributed by atoms with van der Waals surface area (Å²) < 4.78 is 5.64. The average Bonchev–Trinajstić information content (AvgIpc) is 2.35. The lowest BCUT2D eigenvalue weighted by molar-refractivity contribution is 0.256. The van der Waals surface area contributed by atoms with Gasteiger partial charge in [-0.25, -0.2) is 0 Å². The normalized spacial score (nSPS) is 10.5. The molecule has 96 valence electrons. The topological polar surface area (TPSA) is 49.7 Å². The highest BCUT2D eigenvalue weighted by molar-refractivity contribution is 5.36. The van der Waals surface area contributed by atoms with Crippen molar-refractivity contribution in [2.75, 3.05) is 13.2 Å². The fourth-order valence-electron chi connectivity index (χ4n) is 1.72. The molecule has 0 heterocycles. The molecule has 0 amide bonds. The number of ether oxygens (including phenoxy) is 1. The lowest BCUT2D eigenvalue weighted by Crippen LogP contribution is -2.01. The second-order valence-electron chi connectivity index (χ2n) is 4.26. The molecule has 1 aromatic carbocycles. The van der Waals surface area contributed by atoms with Crippen molar-refractivity contribution in [1.82, 2.24) is 0 Å². The van der Waals surface area contributed by atoms with Gasteiger partial charge in [-0.15, -0.1) is 0 Å². The molecule has 0 bridgehead atoms. The van der Waals surface area contributed by atoms with Crippen molar-refractivity contribution < 1.29 is 14.9 Å². The standard InChI is InChI=1S/C14H22O3/c1-12-6-7-14(13(10-12)11-16)17-9-5-3-2-4-8-15/h6-7,10,15-16H,2-5,8-9,11H2,1H3. The zero-order valence-electron chi connectivity index (χ0n) is 10.5. The van der Waals surface area contributed by atoms with Gasteiger partial charge >= 0.3 is 0 Å². The van der Waals surface area contributed by atoms with Crippen LogP contribution in [0.2, 0.25) is 0 Å². The van der Waals surface area contributed by atoms with Crippen LogP contribution in [0.5, 0.6) is 5.75 Å². The number of aryl methyl sites for hydroxylation is 1. The minimum absolute atomic E-state index is 0.0154. The molecule has 0 aliphatic carbocycles. The van der Waals surface area contributed by atoms with Gasteiger partial charge in [-0.3, -0.25) is 0 Å². The molecule has 1 rings (SSSR count). The van der Waals surface area contributed by atoms with Crippen molar-refractivity contribution in [3.8, 4) is 5.75 Å². The Balaban J connectivity index is 2.31. The SMILES string of the molecule is Cc1ccc(OCCCCCCO)c(CO)c1. The summed E-state index contributed by atoms with van der Waals surface area (Å²) in [6, 6.07) is 5.84. The molecule has 0 fully saturated rings. The Morgan fingerprint density at radius 2 is 1.82 bits per heavy atom. The molecule has 2 N–H and O–H groups in total. The van der Waals surface area contributed by atoms with Gasteiger partial charge in [-0.1, -0.05) is 24.1 Å². The van der Waals surface area contributed by atoms with E-state index >= 15 is 0 Å². The Bertz CT molecular complexity index is 323. The summed E-state index contributed by atoms with van der Waals surface area (Å²) in [4.78, 5) is 0. The van der Waals surface area contributed by atoms with E-state index < -0.39 is 0 Å². The van der Waals surface area contributed by atoms with Crippen LogP contribution in [-0.4, -0.2) is 23.4 Å². The fraction of sp³-hybridized carbons (Fsp3) is 0.571. The van der Waals surface area contributed by atoms with E-state index in [-0.39, 0.29) is 13.2 Å². The summed E-state index contributed by atoms with van der Waals surface area (Å²) in [5, 5.41) is 17.8. The van der Waals surface area contributed by atoms with E-state index in [2.05, 4.69) is 0 Å². The maximum atomic E-state index is 9.21. The van der Waals surface area contributed by atoms with Crippen molar-refractivity contribution >= 4 is 0 Å². The summed E-state index contributed by atoms with van der Waals surface area (Å²) in [5.41, 5.74) is 1.98. The molecule has 0 atom stereocenters. The zero-order chi connectivity index (χ0) is 12.5. The van der Waals surface area contributed by atoms with E-state index in [4.69, 9.17) is 9.84 Å². The largest absolute Gasteiger partial charge is 0.493 e. The minimum atomic E-state index is 0.0154. The van der Waals surface area contributed by atoms with Crippen molar-refractivity contribution in [3.05, 3.63) is 29.3 Å².